The lowest BCUT2D eigenvalue weighted by Gasteiger charge is -2.25. The molecule has 5 heteroatoms. The first kappa shape index (κ1) is 12.3. The van der Waals surface area contributed by atoms with Crippen LogP contribution in [0.3, 0.4) is 0 Å². The monoisotopic (exact) mass is 238 g/mol. The van der Waals surface area contributed by atoms with Gasteiger partial charge >= 0.3 is 0 Å². The van der Waals surface area contributed by atoms with Crippen molar-refractivity contribution in [3.63, 3.8) is 0 Å². The number of hydrogen-bond donors (Lipinski definition) is 0. The fraction of sp³-hybridized carbons (Fsp3) is 0.667. The molecular weight excluding hydrogens is 220 g/mol. The smallest absolute Gasteiger partial charge is 0.163 e. The van der Waals surface area contributed by atoms with Crippen LogP contribution in [0.5, 0.6) is 0 Å². The summed E-state index contributed by atoms with van der Waals surface area (Å²) in [7, 11) is 1.60. The maximum atomic E-state index is 11.5. The van der Waals surface area contributed by atoms with Gasteiger partial charge in [-0.2, -0.15) is 5.10 Å². The number of ketones is 1. The number of carbonyl (C=O) groups is 1. The van der Waals surface area contributed by atoms with Gasteiger partial charge in [-0.3, -0.25) is 4.79 Å². The molecule has 1 saturated carbocycles. The lowest BCUT2D eigenvalue weighted by atomic mass is 9.96. The van der Waals surface area contributed by atoms with E-state index < -0.39 is 0 Å². The van der Waals surface area contributed by atoms with Gasteiger partial charge in [0.1, 0.15) is 6.73 Å². The van der Waals surface area contributed by atoms with Crippen molar-refractivity contribution in [1.29, 1.82) is 0 Å². The molecule has 5 nitrogen and oxygen atoms in total. The maximum absolute atomic E-state index is 11.5. The van der Waals surface area contributed by atoms with Gasteiger partial charge in [0.2, 0.25) is 0 Å². The lowest BCUT2D eigenvalue weighted by Crippen LogP contribution is -2.21. The molecule has 17 heavy (non-hydrogen) atoms. The van der Waals surface area contributed by atoms with Crippen molar-refractivity contribution in [2.45, 2.75) is 45.6 Å². The van der Waals surface area contributed by atoms with E-state index in [1.165, 1.54) is 6.42 Å². The average Bonchev–Trinajstić information content (AvgIpc) is 2.60. The Kier molecular flexibility index (Phi) is 3.91. The highest BCUT2D eigenvalue weighted by molar-refractivity contribution is 5.94. The van der Waals surface area contributed by atoms with Crippen molar-refractivity contribution < 1.29 is 14.3 Å². The second-order valence-corrected chi connectivity index (χ2v) is 4.37. The highest BCUT2D eigenvalue weighted by Gasteiger charge is 2.20. The third-order valence-corrected chi connectivity index (χ3v) is 2.99. The Balaban J connectivity index is 2.03. The Morgan fingerprint density at radius 3 is 2.88 bits per heavy atom. The van der Waals surface area contributed by atoms with Gasteiger partial charge in [0.05, 0.1) is 24.0 Å². The van der Waals surface area contributed by atoms with Crippen molar-refractivity contribution >= 4 is 5.78 Å². The van der Waals surface area contributed by atoms with Gasteiger partial charge in [0.25, 0.3) is 0 Å². The van der Waals surface area contributed by atoms with Crippen LogP contribution < -0.4 is 0 Å². The Morgan fingerprint density at radius 2 is 2.35 bits per heavy atom. The van der Waals surface area contributed by atoms with Crippen LogP contribution in [0.4, 0.5) is 0 Å². The standard InChI is InChI=1S/C12H18N2O3/c1-9(15)11-6-14(8-16-2)13-12(11)7-17-10-4-3-5-10/h6,10H,3-5,7-8H2,1-2H3. The number of methoxy groups -OCH3 is 1. The van der Waals surface area contributed by atoms with Crippen molar-refractivity contribution in [3.8, 4) is 0 Å². The number of aromatic nitrogens is 2. The first-order valence-corrected chi connectivity index (χ1v) is 5.88. The minimum atomic E-state index is 0.0135. The third kappa shape index (κ3) is 2.92. The highest BCUT2D eigenvalue weighted by atomic mass is 16.5. The molecule has 1 aromatic heterocycles. The van der Waals surface area contributed by atoms with Gasteiger partial charge in [-0.25, -0.2) is 4.68 Å². The van der Waals surface area contributed by atoms with E-state index in [2.05, 4.69) is 5.10 Å². The molecule has 0 amide bonds. The zero-order chi connectivity index (χ0) is 12.3. The van der Waals surface area contributed by atoms with Crippen LogP contribution >= 0.6 is 0 Å². The lowest BCUT2D eigenvalue weighted by molar-refractivity contribution is -0.0108. The number of nitrogens with zero attached hydrogens (tertiary/aromatic N) is 2. The summed E-state index contributed by atoms with van der Waals surface area (Å²) < 4.78 is 12.3. The molecule has 1 fully saturated rings. The topological polar surface area (TPSA) is 53.4 Å². The Labute approximate surface area is 101 Å². The summed E-state index contributed by atoms with van der Waals surface area (Å²) >= 11 is 0. The van der Waals surface area contributed by atoms with E-state index in [-0.39, 0.29) is 5.78 Å². The number of Topliss-reactive ketones (excluding diaryl/α,β-unsaturated/α-hetero) is 1. The van der Waals surface area contributed by atoms with E-state index >= 15 is 0 Å². The molecule has 1 aromatic rings. The SMILES string of the molecule is COCn1cc(C(C)=O)c(COC2CCC2)n1. The molecule has 2 rings (SSSR count). The molecule has 0 spiro atoms. The van der Waals surface area contributed by atoms with E-state index in [1.807, 2.05) is 0 Å². The molecule has 0 saturated heterocycles. The summed E-state index contributed by atoms with van der Waals surface area (Å²) in [6.45, 7) is 2.31. The number of rotatable bonds is 6. The van der Waals surface area contributed by atoms with E-state index in [9.17, 15) is 4.79 Å². The predicted octanol–water partition coefficient (Wildman–Crippen LogP) is 1.76. The molecule has 1 heterocycles. The van der Waals surface area contributed by atoms with Gasteiger partial charge in [-0.1, -0.05) is 0 Å². The van der Waals surface area contributed by atoms with E-state index in [4.69, 9.17) is 9.47 Å². The summed E-state index contributed by atoms with van der Waals surface area (Å²) in [4.78, 5) is 11.5. The second-order valence-electron chi connectivity index (χ2n) is 4.37. The van der Waals surface area contributed by atoms with Crippen LogP contribution in [0.1, 0.15) is 42.2 Å². The van der Waals surface area contributed by atoms with Gasteiger partial charge in [-0.05, 0) is 26.2 Å². The molecule has 1 aliphatic rings. The average molecular weight is 238 g/mol. The van der Waals surface area contributed by atoms with Crippen LogP contribution in [0.25, 0.3) is 0 Å². The number of hydrogen-bond acceptors (Lipinski definition) is 4. The number of carbonyl (C=O) groups excluding carboxylic acids is 1. The second kappa shape index (κ2) is 5.42. The van der Waals surface area contributed by atoms with Crippen molar-refractivity contribution in [2.24, 2.45) is 0 Å². The Morgan fingerprint density at radius 1 is 1.59 bits per heavy atom. The molecule has 1 aliphatic carbocycles. The molecule has 0 radical (unpaired) electrons. The van der Waals surface area contributed by atoms with Gasteiger partial charge in [0.15, 0.2) is 5.78 Å². The molecule has 0 unspecified atom stereocenters. The van der Waals surface area contributed by atoms with Crippen LogP contribution in [0.15, 0.2) is 6.20 Å². The summed E-state index contributed by atoms with van der Waals surface area (Å²) in [6, 6.07) is 0. The normalized spacial score (nSPS) is 15.9. The maximum Gasteiger partial charge on any atom is 0.163 e. The molecule has 0 bridgehead atoms. The Bertz CT molecular complexity index is 396. The highest BCUT2D eigenvalue weighted by Crippen LogP contribution is 2.23. The summed E-state index contributed by atoms with van der Waals surface area (Å²) in [6.07, 6.45) is 5.54. The van der Waals surface area contributed by atoms with Crippen LogP contribution in [-0.4, -0.2) is 28.8 Å². The first-order chi connectivity index (χ1) is 8.20. The van der Waals surface area contributed by atoms with E-state index in [1.54, 1.807) is 24.9 Å². The largest absolute Gasteiger partial charge is 0.372 e. The quantitative estimate of drug-likeness (QED) is 0.709. The van der Waals surface area contributed by atoms with Crippen LogP contribution in [-0.2, 0) is 22.8 Å². The number of ether oxygens (including phenoxy) is 2. The zero-order valence-electron chi connectivity index (χ0n) is 10.3. The Hall–Kier alpha value is -1.20. The molecule has 0 aromatic carbocycles. The van der Waals surface area contributed by atoms with Gasteiger partial charge in [-0.15, -0.1) is 0 Å². The summed E-state index contributed by atoms with van der Waals surface area (Å²) in [5.74, 6) is 0.0135. The summed E-state index contributed by atoms with van der Waals surface area (Å²) in [5, 5.41) is 4.30. The van der Waals surface area contributed by atoms with Gasteiger partial charge in [0, 0.05) is 13.3 Å². The van der Waals surface area contributed by atoms with Gasteiger partial charge < -0.3 is 9.47 Å². The first-order valence-electron chi connectivity index (χ1n) is 5.88. The van der Waals surface area contributed by atoms with E-state index in [0.717, 1.165) is 12.8 Å². The molecule has 0 N–H and O–H groups in total. The molecule has 94 valence electrons. The van der Waals surface area contributed by atoms with Crippen molar-refractivity contribution in [2.75, 3.05) is 7.11 Å². The third-order valence-electron chi connectivity index (χ3n) is 2.99. The zero-order valence-corrected chi connectivity index (χ0v) is 10.3. The van der Waals surface area contributed by atoms with Crippen molar-refractivity contribution in [1.82, 2.24) is 9.78 Å². The fourth-order valence-electron chi connectivity index (χ4n) is 1.79. The van der Waals surface area contributed by atoms with E-state index in [0.29, 0.717) is 30.7 Å². The fourth-order valence-corrected chi connectivity index (χ4v) is 1.79. The molecule has 0 atom stereocenters. The predicted molar refractivity (Wildman–Crippen MR) is 61.7 cm³/mol. The minimum Gasteiger partial charge on any atom is -0.372 e. The van der Waals surface area contributed by atoms with Crippen LogP contribution in [0.2, 0.25) is 0 Å². The minimum absolute atomic E-state index is 0.0135. The molecular formula is C12H18N2O3. The molecule has 0 aliphatic heterocycles. The van der Waals surface area contributed by atoms with Crippen LogP contribution in [0, 0.1) is 0 Å². The summed E-state index contributed by atoms with van der Waals surface area (Å²) in [5.41, 5.74) is 1.34. The van der Waals surface area contributed by atoms with Crippen molar-refractivity contribution in [3.05, 3.63) is 17.5 Å².